The minimum absolute atomic E-state index is 0.00103. The molecular formula is C22H28Cl2N6O5S. The summed E-state index contributed by atoms with van der Waals surface area (Å²) in [6.45, 7) is 1.10. The van der Waals surface area contributed by atoms with Gasteiger partial charge in [0, 0.05) is 24.5 Å². The standard InChI is InChI=1S/C22H28Cl2N6O5S/c23-16-11-17(24)20(18(25)12-16)36(34,35)27-19(6-9-28-10-7-26-22(28)30(32)33)21(31)29-8-5-14-3-1-2-4-15(14)13-29/h7,10-12,14-15,19,27H,1-6,8-9,13,25H2. The molecule has 1 saturated carbocycles. The van der Waals surface area contributed by atoms with E-state index >= 15 is 0 Å². The predicted molar refractivity (Wildman–Crippen MR) is 135 cm³/mol. The van der Waals surface area contributed by atoms with Crippen molar-refractivity contribution in [1.29, 1.82) is 0 Å². The monoisotopic (exact) mass is 558 g/mol. The molecule has 2 aromatic rings. The molecule has 1 saturated heterocycles. The molecule has 1 aliphatic carbocycles. The van der Waals surface area contributed by atoms with E-state index in [1.54, 1.807) is 4.90 Å². The molecule has 3 atom stereocenters. The van der Waals surface area contributed by atoms with Gasteiger partial charge in [0.1, 0.15) is 23.3 Å². The zero-order chi connectivity index (χ0) is 26.0. The highest BCUT2D eigenvalue weighted by Crippen LogP contribution is 2.36. The van der Waals surface area contributed by atoms with Gasteiger partial charge in [-0.1, -0.05) is 47.4 Å². The summed E-state index contributed by atoms with van der Waals surface area (Å²) in [6.07, 6.45) is 8.05. The summed E-state index contributed by atoms with van der Waals surface area (Å²) >= 11 is 12.1. The Bertz CT molecular complexity index is 1230. The Hall–Kier alpha value is -2.41. The summed E-state index contributed by atoms with van der Waals surface area (Å²) in [5.74, 6) is 0.204. The maximum Gasteiger partial charge on any atom is 0.434 e. The number of hydrogen-bond donors (Lipinski definition) is 2. The largest absolute Gasteiger partial charge is 0.434 e. The van der Waals surface area contributed by atoms with Gasteiger partial charge in [-0.25, -0.2) is 13.0 Å². The number of nitrogen functional groups attached to an aromatic ring is 1. The van der Waals surface area contributed by atoms with Gasteiger partial charge in [0.2, 0.25) is 15.9 Å². The van der Waals surface area contributed by atoms with Gasteiger partial charge in [-0.15, -0.1) is 0 Å². The number of nitrogens with two attached hydrogens (primary N) is 1. The Morgan fingerprint density at radius 3 is 2.67 bits per heavy atom. The first-order valence-electron chi connectivity index (χ1n) is 11.8. The van der Waals surface area contributed by atoms with Crippen LogP contribution in [0.4, 0.5) is 11.6 Å². The van der Waals surface area contributed by atoms with Gasteiger partial charge in [-0.05, 0) is 41.7 Å². The van der Waals surface area contributed by atoms with E-state index in [0.717, 1.165) is 25.7 Å². The molecule has 1 aromatic heterocycles. The van der Waals surface area contributed by atoms with E-state index < -0.39 is 26.9 Å². The zero-order valence-electron chi connectivity index (χ0n) is 19.5. The van der Waals surface area contributed by atoms with Crippen molar-refractivity contribution in [3.05, 3.63) is 44.7 Å². The van der Waals surface area contributed by atoms with Crippen molar-refractivity contribution < 1.29 is 18.1 Å². The highest BCUT2D eigenvalue weighted by atomic mass is 35.5. The first-order chi connectivity index (χ1) is 17.1. The number of piperidine rings is 1. The number of imidazole rings is 1. The number of benzene rings is 1. The highest BCUT2D eigenvalue weighted by molar-refractivity contribution is 7.89. The molecule has 1 aromatic carbocycles. The Labute approximate surface area is 219 Å². The van der Waals surface area contributed by atoms with Crippen LogP contribution in [0.3, 0.4) is 0 Å². The Kier molecular flexibility index (Phi) is 8.08. The molecule has 14 heteroatoms. The normalized spacial score (nSPS) is 21.1. The fourth-order valence-electron chi connectivity index (χ4n) is 5.28. The summed E-state index contributed by atoms with van der Waals surface area (Å²) in [7, 11) is -4.33. The molecule has 2 heterocycles. The van der Waals surface area contributed by atoms with Crippen LogP contribution in [0.1, 0.15) is 38.5 Å². The van der Waals surface area contributed by atoms with Gasteiger partial charge in [0.15, 0.2) is 0 Å². The summed E-state index contributed by atoms with van der Waals surface area (Å²) in [4.78, 5) is 29.3. The molecule has 11 nitrogen and oxygen atoms in total. The molecule has 3 unspecified atom stereocenters. The van der Waals surface area contributed by atoms with Crippen molar-refractivity contribution in [2.24, 2.45) is 11.8 Å². The molecule has 4 rings (SSSR count). The van der Waals surface area contributed by atoms with Gasteiger partial charge in [-0.2, -0.15) is 4.72 Å². The number of nitrogens with one attached hydrogen (secondary N) is 1. The third kappa shape index (κ3) is 5.77. The Morgan fingerprint density at radius 1 is 1.25 bits per heavy atom. The third-order valence-electron chi connectivity index (χ3n) is 7.02. The maximum absolute atomic E-state index is 13.6. The maximum atomic E-state index is 13.6. The molecule has 0 radical (unpaired) electrons. The van der Waals surface area contributed by atoms with E-state index in [1.807, 2.05) is 0 Å². The number of aryl methyl sites for hydroxylation is 1. The van der Waals surface area contributed by atoms with Gasteiger partial charge in [-0.3, -0.25) is 4.79 Å². The zero-order valence-corrected chi connectivity index (χ0v) is 21.8. The lowest BCUT2D eigenvalue weighted by molar-refractivity contribution is -0.396. The number of anilines is 1. The van der Waals surface area contributed by atoms with E-state index in [9.17, 15) is 23.3 Å². The van der Waals surface area contributed by atoms with Crippen LogP contribution in [0, 0.1) is 22.0 Å². The van der Waals surface area contributed by atoms with E-state index in [0.29, 0.717) is 24.9 Å². The van der Waals surface area contributed by atoms with Crippen molar-refractivity contribution >= 4 is 50.8 Å². The number of nitro groups is 1. The van der Waals surface area contributed by atoms with Gasteiger partial charge < -0.3 is 20.7 Å². The van der Waals surface area contributed by atoms with Crippen molar-refractivity contribution in [2.45, 2.75) is 56.0 Å². The second-order valence-electron chi connectivity index (χ2n) is 9.32. The molecular weight excluding hydrogens is 531 g/mol. The number of halogens is 2. The lowest BCUT2D eigenvalue weighted by atomic mass is 9.75. The number of carbonyl (C=O) groups is 1. The van der Waals surface area contributed by atoms with Crippen LogP contribution in [-0.2, 0) is 21.4 Å². The summed E-state index contributed by atoms with van der Waals surface area (Å²) in [6, 6.07) is 1.33. The average Bonchev–Trinajstić information content (AvgIpc) is 3.29. The smallest absolute Gasteiger partial charge is 0.398 e. The van der Waals surface area contributed by atoms with Crippen LogP contribution in [0.25, 0.3) is 0 Å². The average molecular weight is 559 g/mol. The molecule has 2 fully saturated rings. The number of likely N-dealkylation sites (tertiary alicyclic amines) is 1. The highest BCUT2D eigenvalue weighted by Gasteiger charge is 2.37. The number of sulfonamides is 1. The van der Waals surface area contributed by atoms with Crippen molar-refractivity contribution in [2.75, 3.05) is 18.8 Å². The molecule has 1 amide bonds. The van der Waals surface area contributed by atoms with Gasteiger partial charge in [0.25, 0.3) is 0 Å². The van der Waals surface area contributed by atoms with Crippen LogP contribution in [0.2, 0.25) is 10.0 Å². The second-order valence-corrected chi connectivity index (χ2v) is 11.8. The molecule has 3 N–H and O–H groups in total. The molecule has 0 spiro atoms. The number of aromatic nitrogens is 2. The van der Waals surface area contributed by atoms with Crippen LogP contribution < -0.4 is 10.5 Å². The lowest BCUT2D eigenvalue weighted by Crippen LogP contribution is -2.53. The molecule has 1 aliphatic heterocycles. The number of fused-ring (bicyclic) bond motifs is 1. The lowest BCUT2D eigenvalue weighted by Gasteiger charge is -2.42. The van der Waals surface area contributed by atoms with Crippen LogP contribution in [0.5, 0.6) is 0 Å². The van der Waals surface area contributed by atoms with Crippen molar-refractivity contribution in [1.82, 2.24) is 19.2 Å². The van der Waals surface area contributed by atoms with Crippen molar-refractivity contribution in [3.63, 3.8) is 0 Å². The van der Waals surface area contributed by atoms with E-state index in [2.05, 4.69) is 9.71 Å². The second kappa shape index (κ2) is 10.9. The summed E-state index contributed by atoms with van der Waals surface area (Å²) < 4.78 is 30.4. The number of hydrogen-bond acceptors (Lipinski definition) is 7. The van der Waals surface area contributed by atoms with Crippen LogP contribution in [0.15, 0.2) is 29.4 Å². The molecule has 36 heavy (non-hydrogen) atoms. The number of amides is 1. The van der Waals surface area contributed by atoms with E-state index in [-0.39, 0.29) is 39.5 Å². The molecule has 0 bridgehead atoms. The summed E-state index contributed by atoms with van der Waals surface area (Å²) in [5, 5.41) is 11.3. The van der Waals surface area contributed by atoms with Gasteiger partial charge >= 0.3 is 5.95 Å². The molecule has 2 aliphatic rings. The number of nitrogens with zero attached hydrogens (tertiary/aromatic N) is 4. The first-order valence-corrected chi connectivity index (χ1v) is 14.0. The van der Waals surface area contributed by atoms with E-state index in [4.69, 9.17) is 28.9 Å². The Morgan fingerprint density at radius 2 is 1.97 bits per heavy atom. The number of rotatable bonds is 8. The first kappa shape index (κ1) is 26.6. The minimum atomic E-state index is -4.33. The van der Waals surface area contributed by atoms with Crippen LogP contribution >= 0.6 is 23.2 Å². The van der Waals surface area contributed by atoms with Crippen molar-refractivity contribution in [3.8, 4) is 0 Å². The third-order valence-corrected chi connectivity index (χ3v) is 9.24. The van der Waals surface area contributed by atoms with Gasteiger partial charge in [0.05, 0.1) is 17.3 Å². The minimum Gasteiger partial charge on any atom is -0.398 e. The predicted octanol–water partition coefficient (Wildman–Crippen LogP) is 3.46. The number of carbonyl (C=O) groups excluding carboxylic acids is 1. The topological polar surface area (TPSA) is 153 Å². The SMILES string of the molecule is Nc1cc(Cl)cc(Cl)c1S(=O)(=O)NC(CCn1ccnc1[N+](=O)[O-])C(=O)N1CCC2CCCCC2C1. The Balaban J connectivity index is 1.59. The fourth-order valence-corrected chi connectivity index (χ4v) is 7.49. The quantitative estimate of drug-likeness (QED) is 0.285. The summed E-state index contributed by atoms with van der Waals surface area (Å²) in [5.41, 5.74) is 5.76. The fraction of sp³-hybridized carbons (Fsp3) is 0.545. The van der Waals surface area contributed by atoms with Crippen LogP contribution in [-0.4, -0.2) is 52.8 Å². The molecule has 196 valence electrons. The van der Waals surface area contributed by atoms with E-state index in [1.165, 1.54) is 35.5 Å².